The quantitative estimate of drug-likeness (QED) is 0.849. The van der Waals surface area contributed by atoms with E-state index in [1.165, 1.54) is 12.8 Å². The van der Waals surface area contributed by atoms with Gasteiger partial charge in [-0.25, -0.2) is 8.42 Å². The Hall–Kier alpha value is -0.910. The molecule has 0 radical (unpaired) electrons. The van der Waals surface area contributed by atoms with E-state index in [0.29, 0.717) is 17.7 Å². The number of nitrogens with zero attached hydrogens (tertiary/aromatic N) is 2. The fourth-order valence-corrected chi connectivity index (χ4v) is 4.43. The lowest BCUT2D eigenvalue weighted by molar-refractivity contribution is 0.321. The van der Waals surface area contributed by atoms with Gasteiger partial charge in [0.05, 0.1) is 5.25 Å². The van der Waals surface area contributed by atoms with Crippen LogP contribution < -0.4 is 0 Å². The first-order chi connectivity index (χ1) is 9.04. The Labute approximate surface area is 113 Å². The van der Waals surface area contributed by atoms with E-state index in [-0.39, 0.29) is 16.9 Å². The number of hydrogen-bond donors (Lipinski definition) is 0. The highest BCUT2D eigenvalue weighted by Crippen LogP contribution is 2.35. The van der Waals surface area contributed by atoms with Crippen LogP contribution in [0.5, 0.6) is 0 Å². The maximum atomic E-state index is 11.9. The van der Waals surface area contributed by atoms with Crippen LogP contribution in [-0.2, 0) is 15.6 Å². The fraction of sp³-hybridized carbons (Fsp3) is 0.846. The Morgan fingerprint density at radius 3 is 2.74 bits per heavy atom. The van der Waals surface area contributed by atoms with E-state index in [1.807, 2.05) is 0 Å². The Morgan fingerprint density at radius 1 is 1.26 bits per heavy atom. The largest absolute Gasteiger partial charge is 0.338 e. The Kier molecular flexibility index (Phi) is 3.37. The van der Waals surface area contributed by atoms with Crippen molar-refractivity contribution in [1.29, 1.82) is 0 Å². The minimum Gasteiger partial charge on any atom is -0.338 e. The third-order valence-electron chi connectivity index (χ3n) is 4.14. The maximum absolute atomic E-state index is 11.9. The van der Waals surface area contributed by atoms with Crippen molar-refractivity contribution >= 4 is 9.84 Å². The van der Waals surface area contributed by atoms with Gasteiger partial charge < -0.3 is 4.52 Å². The summed E-state index contributed by atoms with van der Waals surface area (Å²) >= 11 is 0. The second-order valence-corrected chi connectivity index (χ2v) is 8.30. The number of hydrogen-bond acceptors (Lipinski definition) is 5. The molecule has 0 saturated heterocycles. The van der Waals surface area contributed by atoms with Crippen LogP contribution in [0, 0.1) is 5.92 Å². The van der Waals surface area contributed by atoms with Crippen LogP contribution in [0.2, 0.25) is 0 Å². The van der Waals surface area contributed by atoms with Crippen molar-refractivity contribution in [2.24, 2.45) is 5.92 Å². The van der Waals surface area contributed by atoms with Crippen molar-refractivity contribution in [3.8, 4) is 0 Å². The number of aromatic nitrogens is 2. The highest BCUT2D eigenvalue weighted by atomic mass is 32.2. The molecule has 2 atom stereocenters. The molecule has 3 rings (SSSR count). The minimum absolute atomic E-state index is 0.0903. The molecule has 6 heteroatoms. The zero-order valence-corrected chi connectivity index (χ0v) is 12.0. The van der Waals surface area contributed by atoms with Gasteiger partial charge in [0.15, 0.2) is 15.7 Å². The molecule has 1 heterocycles. The highest BCUT2D eigenvalue weighted by Gasteiger charge is 2.37. The molecular weight excluding hydrogens is 264 g/mol. The molecule has 0 bridgehead atoms. The van der Waals surface area contributed by atoms with Crippen LogP contribution in [0.25, 0.3) is 0 Å². The normalized spacial score (nSPS) is 28.5. The van der Waals surface area contributed by atoms with Crippen molar-refractivity contribution in [2.75, 3.05) is 0 Å². The highest BCUT2D eigenvalue weighted by molar-refractivity contribution is 7.91. The zero-order valence-electron chi connectivity index (χ0n) is 11.2. The lowest BCUT2D eigenvalue weighted by Gasteiger charge is -2.23. The van der Waals surface area contributed by atoms with Crippen LogP contribution >= 0.6 is 0 Å². The summed E-state index contributed by atoms with van der Waals surface area (Å²) in [5, 5.41) is 3.82. The molecule has 106 valence electrons. The van der Waals surface area contributed by atoms with Gasteiger partial charge in [-0.05, 0) is 31.6 Å². The molecule has 0 amide bonds. The predicted molar refractivity (Wildman–Crippen MR) is 70.3 cm³/mol. The van der Waals surface area contributed by atoms with Gasteiger partial charge in [-0.15, -0.1) is 0 Å². The average molecular weight is 284 g/mol. The lowest BCUT2D eigenvalue weighted by atomic mass is 9.82. The lowest BCUT2D eigenvalue weighted by Crippen LogP contribution is -2.13. The van der Waals surface area contributed by atoms with Crippen molar-refractivity contribution in [2.45, 2.75) is 62.4 Å². The molecule has 5 nitrogen and oxygen atoms in total. The fourth-order valence-electron chi connectivity index (χ4n) is 2.88. The van der Waals surface area contributed by atoms with Gasteiger partial charge in [-0.1, -0.05) is 24.9 Å². The first kappa shape index (κ1) is 13.1. The molecule has 2 fully saturated rings. The van der Waals surface area contributed by atoms with Crippen molar-refractivity contribution in [1.82, 2.24) is 10.1 Å². The third kappa shape index (κ3) is 2.99. The molecule has 1 aromatic rings. The van der Waals surface area contributed by atoms with Crippen LogP contribution in [0.4, 0.5) is 0 Å². The number of sulfone groups is 1. The predicted octanol–water partition coefficient (Wildman–Crippen LogP) is 2.44. The van der Waals surface area contributed by atoms with Gasteiger partial charge in [0.2, 0.25) is 5.89 Å². The summed E-state index contributed by atoms with van der Waals surface area (Å²) in [4.78, 5) is 4.31. The average Bonchev–Trinajstić information content (AvgIpc) is 3.12. The summed E-state index contributed by atoms with van der Waals surface area (Å²) in [6.07, 6.45) is 6.17. The van der Waals surface area contributed by atoms with Gasteiger partial charge in [-0.3, -0.25) is 0 Å². The molecule has 2 aliphatic carbocycles. The van der Waals surface area contributed by atoms with Gasteiger partial charge in [0.1, 0.15) is 5.75 Å². The van der Waals surface area contributed by atoms with Crippen LogP contribution in [0.1, 0.15) is 63.1 Å². The van der Waals surface area contributed by atoms with E-state index < -0.39 is 9.84 Å². The molecule has 2 unspecified atom stereocenters. The summed E-state index contributed by atoms with van der Waals surface area (Å²) in [5.74, 6) is 1.90. The van der Waals surface area contributed by atoms with Crippen LogP contribution in [0.15, 0.2) is 4.52 Å². The maximum Gasteiger partial charge on any atom is 0.241 e. The third-order valence-corrected chi connectivity index (χ3v) is 6.28. The van der Waals surface area contributed by atoms with Gasteiger partial charge in [-0.2, -0.15) is 4.98 Å². The molecular formula is C13H20N2O3S. The molecule has 0 aliphatic heterocycles. The SMILES string of the molecule is CC1CCCC(c2noc(CS(=O)(=O)C3CC3)n2)C1. The second kappa shape index (κ2) is 4.89. The van der Waals surface area contributed by atoms with E-state index >= 15 is 0 Å². The molecule has 0 spiro atoms. The molecule has 19 heavy (non-hydrogen) atoms. The van der Waals surface area contributed by atoms with E-state index in [0.717, 1.165) is 25.7 Å². The Morgan fingerprint density at radius 2 is 2.05 bits per heavy atom. The van der Waals surface area contributed by atoms with E-state index in [2.05, 4.69) is 17.1 Å². The molecule has 0 aromatic carbocycles. The summed E-state index contributed by atoms with van der Waals surface area (Å²) in [5.41, 5.74) is 0. The summed E-state index contributed by atoms with van der Waals surface area (Å²) in [7, 11) is -3.06. The van der Waals surface area contributed by atoms with Gasteiger partial charge in [0, 0.05) is 5.92 Å². The van der Waals surface area contributed by atoms with Crippen LogP contribution in [-0.4, -0.2) is 23.8 Å². The first-order valence-electron chi connectivity index (χ1n) is 7.08. The Balaban J connectivity index is 1.69. The summed E-state index contributed by atoms with van der Waals surface area (Å²) in [6, 6.07) is 0. The van der Waals surface area contributed by atoms with Crippen molar-refractivity contribution in [3.63, 3.8) is 0 Å². The molecule has 2 saturated carbocycles. The standard InChI is InChI=1S/C13H20N2O3S/c1-9-3-2-4-10(7-9)13-14-12(18-15-13)8-19(16,17)11-5-6-11/h9-11H,2-8H2,1H3. The molecule has 0 N–H and O–H groups in total. The minimum atomic E-state index is -3.06. The summed E-state index contributed by atoms with van der Waals surface area (Å²) in [6.45, 7) is 2.24. The zero-order chi connectivity index (χ0) is 13.5. The van der Waals surface area contributed by atoms with Crippen molar-refractivity contribution in [3.05, 3.63) is 11.7 Å². The first-order valence-corrected chi connectivity index (χ1v) is 8.80. The Bertz CT molecular complexity index is 548. The van der Waals surface area contributed by atoms with Gasteiger partial charge in [0.25, 0.3) is 0 Å². The smallest absolute Gasteiger partial charge is 0.241 e. The van der Waals surface area contributed by atoms with Gasteiger partial charge >= 0.3 is 0 Å². The molecule has 2 aliphatic rings. The topological polar surface area (TPSA) is 73.1 Å². The molecule has 1 aromatic heterocycles. The van der Waals surface area contributed by atoms with E-state index in [1.54, 1.807) is 0 Å². The second-order valence-electron chi connectivity index (χ2n) is 6.02. The van der Waals surface area contributed by atoms with E-state index in [4.69, 9.17) is 4.52 Å². The number of rotatable bonds is 4. The van der Waals surface area contributed by atoms with Crippen molar-refractivity contribution < 1.29 is 12.9 Å². The van der Waals surface area contributed by atoms with E-state index in [9.17, 15) is 8.42 Å². The summed E-state index contributed by atoms with van der Waals surface area (Å²) < 4.78 is 28.9. The van der Waals surface area contributed by atoms with Crippen LogP contribution in [0.3, 0.4) is 0 Å². The monoisotopic (exact) mass is 284 g/mol.